The summed E-state index contributed by atoms with van der Waals surface area (Å²) in [7, 11) is 0. The van der Waals surface area contributed by atoms with Crippen LogP contribution in [-0.2, 0) is 6.54 Å². The van der Waals surface area contributed by atoms with Gasteiger partial charge in [-0.05, 0) is 53.4 Å². The normalized spacial score (nSPS) is 11.0. The van der Waals surface area contributed by atoms with Crippen LogP contribution in [0.5, 0.6) is 0 Å². The van der Waals surface area contributed by atoms with Gasteiger partial charge in [-0.15, -0.1) is 0 Å². The minimum Gasteiger partial charge on any atom is -0.268 e. The summed E-state index contributed by atoms with van der Waals surface area (Å²) < 4.78 is 1.55. The van der Waals surface area contributed by atoms with Crippen molar-refractivity contribution < 1.29 is 0 Å². The highest BCUT2D eigenvalue weighted by molar-refractivity contribution is 5.85. The fraction of sp³-hybridized carbons (Fsp3) is 0.130. The van der Waals surface area contributed by atoms with Gasteiger partial charge in [-0.2, -0.15) is 5.10 Å². The SMILES string of the molecule is Cc1ccc(-c2ccc(=O)n(Cc3cccc4ccccc34)n2)cc1C. The Balaban J connectivity index is 1.77. The van der Waals surface area contributed by atoms with Crippen LogP contribution in [0.4, 0.5) is 0 Å². The third-order valence-electron chi connectivity index (χ3n) is 4.87. The maximum absolute atomic E-state index is 12.4. The number of nitrogens with zero attached hydrogens (tertiary/aromatic N) is 2. The lowest BCUT2D eigenvalue weighted by Crippen LogP contribution is -2.23. The fourth-order valence-electron chi connectivity index (χ4n) is 3.21. The van der Waals surface area contributed by atoms with E-state index in [-0.39, 0.29) is 5.56 Å². The maximum Gasteiger partial charge on any atom is 0.267 e. The highest BCUT2D eigenvalue weighted by atomic mass is 16.1. The van der Waals surface area contributed by atoms with Gasteiger partial charge in [0.25, 0.3) is 5.56 Å². The zero-order valence-electron chi connectivity index (χ0n) is 14.9. The van der Waals surface area contributed by atoms with Crippen molar-refractivity contribution in [2.75, 3.05) is 0 Å². The van der Waals surface area contributed by atoms with Gasteiger partial charge >= 0.3 is 0 Å². The molecule has 128 valence electrons. The zero-order valence-corrected chi connectivity index (χ0v) is 14.9. The Morgan fingerprint density at radius 3 is 2.50 bits per heavy atom. The largest absolute Gasteiger partial charge is 0.268 e. The fourth-order valence-corrected chi connectivity index (χ4v) is 3.21. The average Bonchev–Trinajstić information content (AvgIpc) is 2.66. The van der Waals surface area contributed by atoms with Gasteiger partial charge in [-0.3, -0.25) is 4.79 Å². The van der Waals surface area contributed by atoms with Crippen LogP contribution < -0.4 is 5.56 Å². The molecule has 0 unspecified atom stereocenters. The molecule has 1 heterocycles. The minimum atomic E-state index is -0.0921. The van der Waals surface area contributed by atoms with E-state index in [2.05, 4.69) is 61.4 Å². The summed E-state index contributed by atoms with van der Waals surface area (Å²) >= 11 is 0. The molecule has 0 bridgehead atoms. The van der Waals surface area contributed by atoms with Crippen LogP contribution in [-0.4, -0.2) is 9.78 Å². The molecule has 0 atom stereocenters. The van der Waals surface area contributed by atoms with Crippen molar-refractivity contribution in [1.82, 2.24) is 9.78 Å². The van der Waals surface area contributed by atoms with Crippen LogP contribution >= 0.6 is 0 Å². The molecule has 4 aromatic rings. The second-order valence-electron chi connectivity index (χ2n) is 6.65. The molecule has 0 amide bonds. The van der Waals surface area contributed by atoms with Gasteiger partial charge in [0.2, 0.25) is 0 Å². The molecule has 26 heavy (non-hydrogen) atoms. The van der Waals surface area contributed by atoms with Crippen molar-refractivity contribution in [1.29, 1.82) is 0 Å². The first-order valence-corrected chi connectivity index (χ1v) is 8.74. The van der Waals surface area contributed by atoms with Gasteiger partial charge in [0.15, 0.2) is 0 Å². The monoisotopic (exact) mass is 340 g/mol. The topological polar surface area (TPSA) is 34.9 Å². The summed E-state index contributed by atoms with van der Waals surface area (Å²) in [4.78, 5) is 12.4. The van der Waals surface area contributed by atoms with Crippen LogP contribution in [0.25, 0.3) is 22.0 Å². The minimum absolute atomic E-state index is 0.0921. The van der Waals surface area contributed by atoms with E-state index in [0.29, 0.717) is 6.54 Å². The molecule has 3 heteroatoms. The summed E-state index contributed by atoms with van der Waals surface area (Å²) in [6.07, 6.45) is 0. The van der Waals surface area contributed by atoms with Gasteiger partial charge in [0.1, 0.15) is 0 Å². The molecule has 0 aliphatic rings. The van der Waals surface area contributed by atoms with Crippen LogP contribution in [0.1, 0.15) is 16.7 Å². The van der Waals surface area contributed by atoms with E-state index < -0.39 is 0 Å². The Hall–Kier alpha value is -3.20. The molecule has 0 saturated carbocycles. The summed E-state index contributed by atoms with van der Waals surface area (Å²) in [6.45, 7) is 4.64. The molecule has 3 aromatic carbocycles. The van der Waals surface area contributed by atoms with Crippen molar-refractivity contribution in [2.45, 2.75) is 20.4 Å². The predicted octanol–water partition coefficient (Wildman–Crippen LogP) is 4.73. The molecular formula is C23H20N2O. The van der Waals surface area contributed by atoms with Crippen LogP contribution in [0.2, 0.25) is 0 Å². The van der Waals surface area contributed by atoms with Gasteiger partial charge in [0, 0.05) is 11.6 Å². The quantitative estimate of drug-likeness (QED) is 0.540. The molecule has 3 nitrogen and oxygen atoms in total. The first-order chi connectivity index (χ1) is 12.6. The molecule has 0 aliphatic carbocycles. The van der Waals surface area contributed by atoms with E-state index in [1.54, 1.807) is 16.8 Å². The number of aryl methyl sites for hydroxylation is 2. The maximum atomic E-state index is 12.4. The molecule has 4 rings (SSSR count). The zero-order chi connectivity index (χ0) is 18.1. The molecule has 0 spiro atoms. The lowest BCUT2D eigenvalue weighted by molar-refractivity contribution is 0.645. The summed E-state index contributed by atoms with van der Waals surface area (Å²) in [6, 6.07) is 24.0. The molecule has 1 aromatic heterocycles. The Morgan fingerprint density at radius 1 is 0.846 bits per heavy atom. The van der Waals surface area contributed by atoms with Crippen LogP contribution in [0, 0.1) is 13.8 Å². The molecule has 0 saturated heterocycles. The summed E-state index contributed by atoms with van der Waals surface area (Å²) in [5.41, 5.74) is 5.31. The van der Waals surface area contributed by atoms with E-state index in [1.165, 1.54) is 16.5 Å². The summed E-state index contributed by atoms with van der Waals surface area (Å²) in [5, 5.41) is 6.94. The molecular weight excluding hydrogens is 320 g/mol. The van der Waals surface area contributed by atoms with Crippen molar-refractivity contribution in [3.63, 3.8) is 0 Å². The second kappa shape index (κ2) is 6.60. The van der Waals surface area contributed by atoms with Crippen LogP contribution in [0.15, 0.2) is 77.6 Å². The van der Waals surface area contributed by atoms with Crippen LogP contribution in [0.3, 0.4) is 0 Å². The standard InChI is InChI=1S/C23H20N2O/c1-16-10-11-19(14-17(16)2)22-12-13-23(26)25(24-22)15-20-8-5-7-18-6-3-4-9-21(18)20/h3-14H,15H2,1-2H3. The van der Waals surface area contributed by atoms with Gasteiger partial charge in [-0.1, -0.05) is 54.6 Å². The third-order valence-corrected chi connectivity index (χ3v) is 4.87. The second-order valence-corrected chi connectivity index (χ2v) is 6.65. The van der Waals surface area contributed by atoms with Gasteiger partial charge in [-0.25, -0.2) is 4.68 Å². The van der Waals surface area contributed by atoms with E-state index in [0.717, 1.165) is 22.2 Å². The van der Waals surface area contributed by atoms with Crippen molar-refractivity contribution in [3.8, 4) is 11.3 Å². The first-order valence-electron chi connectivity index (χ1n) is 8.74. The average molecular weight is 340 g/mol. The van der Waals surface area contributed by atoms with E-state index >= 15 is 0 Å². The molecule has 0 fully saturated rings. The first kappa shape index (κ1) is 16.3. The van der Waals surface area contributed by atoms with Crippen molar-refractivity contribution in [3.05, 3.63) is 99.8 Å². The predicted molar refractivity (Wildman–Crippen MR) is 106 cm³/mol. The Bertz CT molecular complexity index is 1150. The van der Waals surface area contributed by atoms with Crippen molar-refractivity contribution >= 4 is 10.8 Å². The molecule has 0 aliphatic heterocycles. The van der Waals surface area contributed by atoms with E-state index in [9.17, 15) is 4.79 Å². The number of rotatable bonds is 3. The smallest absolute Gasteiger partial charge is 0.267 e. The Morgan fingerprint density at radius 2 is 1.65 bits per heavy atom. The molecule has 0 N–H and O–H groups in total. The van der Waals surface area contributed by atoms with Crippen molar-refractivity contribution in [2.24, 2.45) is 0 Å². The number of hydrogen-bond donors (Lipinski definition) is 0. The highest BCUT2D eigenvalue weighted by Gasteiger charge is 2.07. The molecule has 0 radical (unpaired) electrons. The number of benzene rings is 3. The Kier molecular flexibility index (Phi) is 4.13. The third kappa shape index (κ3) is 3.04. The van der Waals surface area contributed by atoms with E-state index in [4.69, 9.17) is 0 Å². The lowest BCUT2D eigenvalue weighted by atomic mass is 10.0. The highest BCUT2D eigenvalue weighted by Crippen LogP contribution is 2.21. The number of hydrogen-bond acceptors (Lipinski definition) is 2. The number of aromatic nitrogens is 2. The van der Waals surface area contributed by atoms with E-state index in [1.807, 2.05) is 18.2 Å². The van der Waals surface area contributed by atoms with Gasteiger partial charge in [0.05, 0.1) is 12.2 Å². The lowest BCUT2D eigenvalue weighted by Gasteiger charge is -2.10. The summed E-state index contributed by atoms with van der Waals surface area (Å²) in [5.74, 6) is 0. The van der Waals surface area contributed by atoms with Gasteiger partial charge < -0.3 is 0 Å². The Labute approximate surface area is 152 Å². The number of fused-ring (bicyclic) bond motifs is 1.